The van der Waals surface area contributed by atoms with E-state index in [0.717, 1.165) is 36.2 Å². The van der Waals surface area contributed by atoms with Gasteiger partial charge < -0.3 is 10.0 Å². The minimum atomic E-state index is -0.186. The van der Waals surface area contributed by atoms with E-state index in [0.29, 0.717) is 5.92 Å². The minimum Gasteiger partial charge on any atom is -0.393 e. The van der Waals surface area contributed by atoms with Gasteiger partial charge in [-0.3, -0.25) is 0 Å². The van der Waals surface area contributed by atoms with Gasteiger partial charge in [0.2, 0.25) is 0 Å². The highest BCUT2D eigenvalue weighted by molar-refractivity contribution is 9.10. The van der Waals surface area contributed by atoms with Gasteiger partial charge in [0, 0.05) is 19.3 Å². The molecule has 0 radical (unpaired) electrons. The number of hydrogen-bond acceptors (Lipinski definition) is 3. The summed E-state index contributed by atoms with van der Waals surface area (Å²) in [6.07, 6.45) is 3.72. The molecule has 0 saturated carbocycles. The second-order valence-electron chi connectivity index (χ2n) is 4.37. The van der Waals surface area contributed by atoms with E-state index in [1.807, 2.05) is 25.3 Å². The van der Waals surface area contributed by atoms with Gasteiger partial charge in [-0.05, 0) is 53.7 Å². The summed E-state index contributed by atoms with van der Waals surface area (Å²) in [4.78, 5) is 6.67. The Morgan fingerprint density at radius 1 is 1.50 bits per heavy atom. The zero-order chi connectivity index (χ0) is 11.5. The Hall–Kier alpha value is -0.610. The number of hydrogen-bond donors (Lipinski definition) is 1. The Morgan fingerprint density at radius 3 is 2.75 bits per heavy atom. The Bertz CT molecular complexity index is 349. The highest BCUT2D eigenvalue weighted by atomic mass is 79.9. The van der Waals surface area contributed by atoms with E-state index in [2.05, 4.69) is 25.8 Å². The van der Waals surface area contributed by atoms with E-state index >= 15 is 0 Å². The van der Waals surface area contributed by atoms with Crippen molar-refractivity contribution in [2.24, 2.45) is 5.92 Å². The van der Waals surface area contributed by atoms with Crippen molar-refractivity contribution in [2.45, 2.75) is 25.9 Å². The highest BCUT2D eigenvalue weighted by Crippen LogP contribution is 2.28. The number of aliphatic hydroxyl groups excluding tert-OH is 1. The number of pyridine rings is 1. The van der Waals surface area contributed by atoms with E-state index < -0.39 is 0 Å². The molecule has 1 aromatic rings. The van der Waals surface area contributed by atoms with E-state index in [9.17, 15) is 5.11 Å². The van der Waals surface area contributed by atoms with Crippen LogP contribution in [0.4, 0.5) is 5.82 Å². The lowest BCUT2D eigenvalue weighted by molar-refractivity contribution is 0.109. The summed E-state index contributed by atoms with van der Waals surface area (Å²) in [5.41, 5.74) is 0. The lowest BCUT2D eigenvalue weighted by Crippen LogP contribution is -2.37. The third-order valence-corrected chi connectivity index (χ3v) is 3.88. The number of nitrogens with zero attached hydrogens (tertiary/aromatic N) is 2. The van der Waals surface area contributed by atoms with Crippen molar-refractivity contribution in [2.75, 3.05) is 18.0 Å². The third kappa shape index (κ3) is 2.55. The van der Waals surface area contributed by atoms with Crippen LogP contribution in [0.15, 0.2) is 22.8 Å². The fourth-order valence-electron chi connectivity index (χ4n) is 2.20. The van der Waals surface area contributed by atoms with Gasteiger partial charge in [0.1, 0.15) is 5.82 Å². The Kier molecular flexibility index (Phi) is 3.82. The number of anilines is 1. The number of rotatable bonds is 2. The molecule has 1 aromatic heterocycles. The molecule has 1 saturated heterocycles. The van der Waals surface area contributed by atoms with Gasteiger partial charge >= 0.3 is 0 Å². The maximum atomic E-state index is 9.55. The van der Waals surface area contributed by atoms with Crippen LogP contribution in [0, 0.1) is 5.92 Å². The number of piperidine rings is 1. The SMILES string of the molecule is CC(O)C1CCN(c2ncccc2Br)CC1. The fraction of sp³-hybridized carbons (Fsp3) is 0.583. The van der Waals surface area contributed by atoms with Crippen LogP contribution in [0.25, 0.3) is 0 Å². The van der Waals surface area contributed by atoms with E-state index in [1.54, 1.807) is 0 Å². The van der Waals surface area contributed by atoms with Crippen molar-refractivity contribution in [3.05, 3.63) is 22.8 Å². The number of aliphatic hydroxyl groups is 1. The highest BCUT2D eigenvalue weighted by Gasteiger charge is 2.23. The van der Waals surface area contributed by atoms with Crippen molar-refractivity contribution in [3.8, 4) is 0 Å². The quantitative estimate of drug-likeness (QED) is 0.906. The van der Waals surface area contributed by atoms with Gasteiger partial charge in [-0.15, -0.1) is 0 Å². The van der Waals surface area contributed by atoms with Crippen LogP contribution in [0.3, 0.4) is 0 Å². The van der Waals surface area contributed by atoms with Crippen LogP contribution in [0.2, 0.25) is 0 Å². The first-order chi connectivity index (χ1) is 7.68. The van der Waals surface area contributed by atoms with Gasteiger partial charge in [0.05, 0.1) is 10.6 Å². The molecule has 88 valence electrons. The topological polar surface area (TPSA) is 36.4 Å². The Labute approximate surface area is 105 Å². The Balaban J connectivity index is 2.02. The van der Waals surface area contributed by atoms with Crippen molar-refractivity contribution in [1.29, 1.82) is 0 Å². The van der Waals surface area contributed by atoms with Gasteiger partial charge in [-0.2, -0.15) is 0 Å². The normalized spacial score (nSPS) is 19.8. The molecule has 0 spiro atoms. The molecule has 16 heavy (non-hydrogen) atoms. The largest absolute Gasteiger partial charge is 0.393 e. The van der Waals surface area contributed by atoms with Crippen LogP contribution >= 0.6 is 15.9 Å². The van der Waals surface area contributed by atoms with Crippen molar-refractivity contribution in [1.82, 2.24) is 4.98 Å². The lowest BCUT2D eigenvalue weighted by Gasteiger charge is -2.34. The standard InChI is InChI=1S/C12H17BrN2O/c1-9(16)10-4-7-15(8-5-10)12-11(13)3-2-6-14-12/h2-3,6,9-10,16H,4-5,7-8H2,1H3. The van der Waals surface area contributed by atoms with Crippen LogP contribution in [0.5, 0.6) is 0 Å². The molecule has 0 bridgehead atoms. The molecule has 4 heteroatoms. The first-order valence-electron chi connectivity index (χ1n) is 5.72. The van der Waals surface area contributed by atoms with Crippen molar-refractivity contribution in [3.63, 3.8) is 0 Å². The number of halogens is 1. The second-order valence-corrected chi connectivity index (χ2v) is 5.23. The van der Waals surface area contributed by atoms with Crippen molar-refractivity contribution >= 4 is 21.7 Å². The van der Waals surface area contributed by atoms with Crippen LogP contribution in [-0.4, -0.2) is 29.3 Å². The fourth-order valence-corrected chi connectivity index (χ4v) is 2.71. The average Bonchev–Trinajstić information content (AvgIpc) is 2.30. The zero-order valence-corrected chi connectivity index (χ0v) is 11.0. The van der Waals surface area contributed by atoms with E-state index in [1.165, 1.54) is 0 Å². The predicted molar refractivity (Wildman–Crippen MR) is 68.6 cm³/mol. The van der Waals surface area contributed by atoms with Gasteiger partial charge in [-0.25, -0.2) is 4.98 Å². The van der Waals surface area contributed by atoms with Crippen molar-refractivity contribution < 1.29 is 5.11 Å². The van der Waals surface area contributed by atoms with Crippen LogP contribution in [0.1, 0.15) is 19.8 Å². The smallest absolute Gasteiger partial charge is 0.142 e. The third-order valence-electron chi connectivity index (χ3n) is 3.26. The zero-order valence-electron chi connectivity index (χ0n) is 9.43. The molecule has 2 heterocycles. The summed E-state index contributed by atoms with van der Waals surface area (Å²) in [6, 6.07) is 3.94. The monoisotopic (exact) mass is 284 g/mol. The predicted octanol–water partition coefficient (Wildman–Crippen LogP) is 2.44. The molecule has 1 N–H and O–H groups in total. The minimum absolute atomic E-state index is 0.186. The summed E-state index contributed by atoms with van der Waals surface area (Å²) in [5.74, 6) is 1.46. The molecule has 1 atom stereocenters. The second kappa shape index (κ2) is 5.15. The van der Waals surface area contributed by atoms with Crippen LogP contribution < -0.4 is 4.90 Å². The molecule has 1 unspecified atom stereocenters. The van der Waals surface area contributed by atoms with Crippen LogP contribution in [-0.2, 0) is 0 Å². The maximum absolute atomic E-state index is 9.55. The summed E-state index contributed by atoms with van der Waals surface area (Å²) in [5, 5.41) is 9.55. The first-order valence-corrected chi connectivity index (χ1v) is 6.51. The molecule has 1 aliphatic heterocycles. The summed E-state index contributed by atoms with van der Waals surface area (Å²) < 4.78 is 1.05. The van der Waals surface area contributed by atoms with Gasteiger partial charge in [0.25, 0.3) is 0 Å². The maximum Gasteiger partial charge on any atom is 0.142 e. The summed E-state index contributed by atoms with van der Waals surface area (Å²) in [6.45, 7) is 3.84. The average molecular weight is 285 g/mol. The molecule has 3 nitrogen and oxygen atoms in total. The lowest BCUT2D eigenvalue weighted by atomic mass is 9.92. The number of aromatic nitrogens is 1. The summed E-state index contributed by atoms with van der Waals surface area (Å²) in [7, 11) is 0. The Morgan fingerprint density at radius 2 is 2.19 bits per heavy atom. The molecule has 1 aliphatic rings. The summed E-state index contributed by atoms with van der Waals surface area (Å²) >= 11 is 3.52. The molecular formula is C12H17BrN2O. The molecular weight excluding hydrogens is 268 g/mol. The first kappa shape index (κ1) is 11.9. The van der Waals surface area contributed by atoms with E-state index in [-0.39, 0.29) is 6.10 Å². The van der Waals surface area contributed by atoms with Gasteiger partial charge in [0.15, 0.2) is 0 Å². The van der Waals surface area contributed by atoms with Gasteiger partial charge in [-0.1, -0.05) is 0 Å². The molecule has 1 fully saturated rings. The van der Waals surface area contributed by atoms with E-state index in [4.69, 9.17) is 0 Å². The molecule has 2 rings (SSSR count). The molecule has 0 aliphatic carbocycles. The molecule has 0 aromatic carbocycles. The molecule has 0 amide bonds.